The maximum absolute atomic E-state index is 13.3. The summed E-state index contributed by atoms with van der Waals surface area (Å²) in [5, 5.41) is 10.4. The number of carbonyl (C=O) groups excluding carboxylic acids is 1. The van der Waals surface area contributed by atoms with Crippen LogP contribution in [0.5, 0.6) is 5.75 Å². The number of nitro groups is 1. The van der Waals surface area contributed by atoms with E-state index in [1.165, 1.54) is 11.0 Å². The normalized spacial score (nSPS) is 10.1. The SMILES string of the molecule is CN(C)C(=O)CCCOc1ccc([N+](=O)[O-])c(F)c1. The Balaban J connectivity index is 2.44. The molecule has 1 aromatic carbocycles. The van der Waals surface area contributed by atoms with Crippen LogP contribution in [-0.4, -0.2) is 36.4 Å². The summed E-state index contributed by atoms with van der Waals surface area (Å²) in [5.41, 5.74) is -0.588. The molecular formula is C12H15FN2O4. The standard InChI is InChI=1S/C12H15FN2O4/c1-14(2)12(16)4-3-7-19-9-5-6-11(15(17)18)10(13)8-9/h5-6,8H,3-4,7H2,1-2H3. The third kappa shape index (κ3) is 4.53. The summed E-state index contributed by atoms with van der Waals surface area (Å²) in [6.07, 6.45) is 0.831. The van der Waals surface area contributed by atoms with Crippen LogP contribution in [0.15, 0.2) is 18.2 Å². The van der Waals surface area contributed by atoms with Gasteiger partial charge in [-0.25, -0.2) is 0 Å². The highest BCUT2D eigenvalue weighted by Crippen LogP contribution is 2.22. The lowest BCUT2D eigenvalue weighted by atomic mass is 10.3. The number of carbonyl (C=O) groups is 1. The minimum absolute atomic E-state index is 0.0153. The lowest BCUT2D eigenvalue weighted by Gasteiger charge is -2.10. The first kappa shape index (κ1) is 14.9. The molecule has 0 aliphatic rings. The van der Waals surface area contributed by atoms with Gasteiger partial charge in [0.25, 0.3) is 0 Å². The largest absolute Gasteiger partial charge is 0.493 e. The molecule has 1 rings (SSSR count). The summed E-state index contributed by atoms with van der Waals surface area (Å²) in [6.45, 7) is 0.247. The summed E-state index contributed by atoms with van der Waals surface area (Å²) < 4.78 is 18.5. The minimum Gasteiger partial charge on any atom is -0.493 e. The Hall–Kier alpha value is -2.18. The van der Waals surface area contributed by atoms with Crippen molar-refractivity contribution in [2.75, 3.05) is 20.7 Å². The van der Waals surface area contributed by atoms with Crippen LogP contribution in [0.25, 0.3) is 0 Å². The molecule has 7 heteroatoms. The molecule has 0 saturated heterocycles. The average molecular weight is 270 g/mol. The number of ether oxygens (including phenoxy) is 1. The summed E-state index contributed by atoms with van der Waals surface area (Å²) in [6, 6.07) is 3.34. The molecule has 0 bridgehead atoms. The summed E-state index contributed by atoms with van der Waals surface area (Å²) in [4.78, 5) is 22.4. The zero-order valence-electron chi connectivity index (χ0n) is 10.8. The van der Waals surface area contributed by atoms with E-state index in [-0.39, 0.29) is 18.3 Å². The molecule has 19 heavy (non-hydrogen) atoms. The monoisotopic (exact) mass is 270 g/mol. The molecule has 0 saturated carbocycles. The molecule has 0 aromatic heterocycles. The van der Waals surface area contributed by atoms with Crippen LogP contribution >= 0.6 is 0 Å². The molecule has 1 amide bonds. The molecule has 0 radical (unpaired) electrons. The molecule has 0 atom stereocenters. The summed E-state index contributed by atoms with van der Waals surface area (Å²) in [5.74, 6) is -0.745. The van der Waals surface area contributed by atoms with Crippen LogP contribution in [0.1, 0.15) is 12.8 Å². The Bertz CT molecular complexity index is 477. The van der Waals surface area contributed by atoms with E-state index in [0.717, 1.165) is 12.1 Å². The van der Waals surface area contributed by atoms with E-state index in [1.54, 1.807) is 14.1 Å². The fourth-order valence-electron chi connectivity index (χ4n) is 1.36. The number of amides is 1. The Kier molecular flexibility index (Phi) is 5.23. The van der Waals surface area contributed by atoms with Gasteiger partial charge in [-0.1, -0.05) is 0 Å². The Morgan fingerprint density at radius 3 is 2.68 bits per heavy atom. The number of rotatable bonds is 6. The van der Waals surface area contributed by atoms with Gasteiger partial charge in [0.15, 0.2) is 0 Å². The minimum atomic E-state index is -0.938. The number of hydrogen-bond acceptors (Lipinski definition) is 4. The molecule has 0 aliphatic heterocycles. The first-order valence-electron chi connectivity index (χ1n) is 5.68. The first-order valence-corrected chi connectivity index (χ1v) is 5.68. The lowest BCUT2D eigenvalue weighted by Crippen LogP contribution is -2.21. The van der Waals surface area contributed by atoms with E-state index in [0.29, 0.717) is 12.8 Å². The maximum atomic E-state index is 13.3. The van der Waals surface area contributed by atoms with Gasteiger partial charge < -0.3 is 9.64 Å². The third-order valence-corrected chi connectivity index (χ3v) is 2.42. The highest BCUT2D eigenvalue weighted by Gasteiger charge is 2.14. The third-order valence-electron chi connectivity index (χ3n) is 2.42. The van der Waals surface area contributed by atoms with E-state index >= 15 is 0 Å². The molecule has 0 fully saturated rings. The second-order valence-corrected chi connectivity index (χ2v) is 4.11. The smallest absolute Gasteiger partial charge is 0.305 e. The molecular weight excluding hydrogens is 255 g/mol. The van der Waals surface area contributed by atoms with Gasteiger partial charge in [-0.15, -0.1) is 0 Å². The quantitative estimate of drug-likeness (QED) is 0.450. The topological polar surface area (TPSA) is 72.7 Å². The second-order valence-electron chi connectivity index (χ2n) is 4.11. The number of nitrogens with zero attached hydrogens (tertiary/aromatic N) is 2. The van der Waals surface area contributed by atoms with Gasteiger partial charge in [-0.2, -0.15) is 4.39 Å². The Labute approximate surface area is 109 Å². The van der Waals surface area contributed by atoms with Crippen molar-refractivity contribution in [1.29, 1.82) is 0 Å². The van der Waals surface area contributed by atoms with Crippen molar-refractivity contribution < 1.29 is 18.8 Å². The van der Waals surface area contributed by atoms with Gasteiger partial charge in [0.05, 0.1) is 11.5 Å². The van der Waals surface area contributed by atoms with E-state index in [9.17, 15) is 19.3 Å². The predicted molar refractivity (Wildman–Crippen MR) is 66.5 cm³/mol. The van der Waals surface area contributed by atoms with Gasteiger partial charge in [0.1, 0.15) is 5.75 Å². The summed E-state index contributed by atoms with van der Waals surface area (Å²) >= 11 is 0. The average Bonchev–Trinajstić information content (AvgIpc) is 2.33. The zero-order chi connectivity index (χ0) is 14.4. The number of halogens is 1. The molecule has 1 aromatic rings. The Morgan fingerprint density at radius 1 is 1.47 bits per heavy atom. The summed E-state index contributed by atoms with van der Waals surface area (Å²) in [7, 11) is 3.32. The van der Waals surface area contributed by atoms with Gasteiger partial charge in [-0.05, 0) is 12.5 Å². The highest BCUT2D eigenvalue weighted by molar-refractivity contribution is 5.75. The zero-order valence-corrected chi connectivity index (χ0v) is 10.8. The van der Waals surface area contributed by atoms with Gasteiger partial charge >= 0.3 is 5.69 Å². The van der Waals surface area contributed by atoms with E-state index < -0.39 is 16.4 Å². The number of nitro benzene ring substituents is 1. The van der Waals surface area contributed by atoms with Crippen LogP contribution in [-0.2, 0) is 4.79 Å². The number of hydrogen-bond donors (Lipinski definition) is 0. The predicted octanol–water partition coefficient (Wildman–Crippen LogP) is 1.98. The molecule has 6 nitrogen and oxygen atoms in total. The molecule has 0 unspecified atom stereocenters. The second kappa shape index (κ2) is 6.67. The van der Waals surface area contributed by atoms with Crippen molar-refractivity contribution in [2.24, 2.45) is 0 Å². The van der Waals surface area contributed by atoms with Gasteiger partial charge in [0.2, 0.25) is 11.7 Å². The van der Waals surface area contributed by atoms with Crippen molar-refractivity contribution in [1.82, 2.24) is 4.90 Å². The molecule has 0 aliphatic carbocycles. The van der Waals surface area contributed by atoms with Gasteiger partial charge in [0, 0.05) is 32.6 Å². The molecule has 104 valence electrons. The van der Waals surface area contributed by atoms with E-state index in [1.807, 2.05) is 0 Å². The van der Waals surface area contributed by atoms with Crippen LogP contribution < -0.4 is 4.74 Å². The van der Waals surface area contributed by atoms with Crippen molar-refractivity contribution in [3.05, 3.63) is 34.1 Å². The van der Waals surface area contributed by atoms with Crippen LogP contribution in [0.4, 0.5) is 10.1 Å². The van der Waals surface area contributed by atoms with Crippen molar-refractivity contribution in [2.45, 2.75) is 12.8 Å². The fraction of sp³-hybridized carbons (Fsp3) is 0.417. The molecule has 0 spiro atoms. The Morgan fingerprint density at radius 2 is 2.16 bits per heavy atom. The van der Waals surface area contributed by atoms with Crippen molar-refractivity contribution in [3.8, 4) is 5.75 Å². The van der Waals surface area contributed by atoms with Crippen LogP contribution in [0.2, 0.25) is 0 Å². The van der Waals surface area contributed by atoms with Crippen molar-refractivity contribution in [3.63, 3.8) is 0 Å². The van der Waals surface area contributed by atoms with Gasteiger partial charge in [-0.3, -0.25) is 14.9 Å². The number of benzene rings is 1. The first-order chi connectivity index (χ1) is 8.91. The van der Waals surface area contributed by atoms with Crippen LogP contribution in [0.3, 0.4) is 0 Å². The van der Waals surface area contributed by atoms with Crippen molar-refractivity contribution >= 4 is 11.6 Å². The lowest BCUT2D eigenvalue weighted by molar-refractivity contribution is -0.387. The van der Waals surface area contributed by atoms with Crippen LogP contribution in [0, 0.1) is 15.9 Å². The molecule has 0 N–H and O–H groups in total. The highest BCUT2D eigenvalue weighted by atomic mass is 19.1. The molecule has 0 heterocycles. The van der Waals surface area contributed by atoms with E-state index in [2.05, 4.69) is 0 Å². The maximum Gasteiger partial charge on any atom is 0.305 e. The fourth-order valence-corrected chi connectivity index (χ4v) is 1.36. The van der Waals surface area contributed by atoms with E-state index in [4.69, 9.17) is 4.74 Å².